The Bertz CT molecular complexity index is 428. The van der Waals surface area contributed by atoms with Gasteiger partial charge >= 0.3 is 0 Å². The van der Waals surface area contributed by atoms with Crippen LogP contribution in [0.15, 0.2) is 29.2 Å². The van der Waals surface area contributed by atoms with Crippen LogP contribution in [0.2, 0.25) is 5.02 Å². The Balaban J connectivity index is 1.59. The minimum Gasteiger partial charge on any atom is -0.362 e. The van der Waals surface area contributed by atoms with Crippen LogP contribution in [0.3, 0.4) is 0 Å². The lowest BCUT2D eigenvalue weighted by atomic mass is 10.1. The van der Waals surface area contributed by atoms with Gasteiger partial charge in [-0.05, 0) is 49.3 Å². The summed E-state index contributed by atoms with van der Waals surface area (Å²) < 4.78 is 0. The van der Waals surface area contributed by atoms with E-state index in [2.05, 4.69) is 22.8 Å². The number of benzene rings is 1. The van der Waals surface area contributed by atoms with Crippen LogP contribution in [0.4, 0.5) is 0 Å². The van der Waals surface area contributed by atoms with Crippen molar-refractivity contribution in [3.05, 3.63) is 29.3 Å². The summed E-state index contributed by atoms with van der Waals surface area (Å²) in [6.07, 6.45) is 7.90. The maximum absolute atomic E-state index is 5.87. The lowest BCUT2D eigenvalue weighted by Gasteiger charge is -2.18. The van der Waals surface area contributed by atoms with E-state index in [4.69, 9.17) is 23.8 Å². The molecule has 1 fully saturated rings. The third-order valence-electron chi connectivity index (χ3n) is 3.66. The maximum atomic E-state index is 5.87. The molecule has 0 spiro atoms. The molecule has 1 aromatic rings. The third-order valence-corrected chi connectivity index (χ3v) is 5.19. The van der Waals surface area contributed by atoms with Crippen molar-refractivity contribution >= 4 is 40.7 Å². The van der Waals surface area contributed by atoms with Crippen LogP contribution in [0.5, 0.6) is 0 Å². The molecule has 116 valence electrons. The van der Waals surface area contributed by atoms with Crippen molar-refractivity contribution in [2.75, 3.05) is 12.3 Å². The van der Waals surface area contributed by atoms with E-state index in [9.17, 15) is 0 Å². The fourth-order valence-corrected chi connectivity index (χ4v) is 3.69. The molecule has 21 heavy (non-hydrogen) atoms. The van der Waals surface area contributed by atoms with Gasteiger partial charge in [0.1, 0.15) is 0 Å². The van der Waals surface area contributed by atoms with Gasteiger partial charge in [-0.25, -0.2) is 0 Å². The first kappa shape index (κ1) is 16.9. The second kappa shape index (κ2) is 9.54. The highest BCUT2D eigenvalue weighted by Crippen LogP contribution is 2.19. The average Bonchev–Trinajstić information content (AvgIpc) is 2.74. The largest absolute Gasteiger partial charge is 0.362 e. The summed E-state index contributed by atoms with van der Waals surface area (Å²) in [6, 6.07) is 8.52. The molecule has 0 saturated heterocycles. The Kier molecular flexibility index (Phi) is 7.69. The standard InChI is InChI=1S/C16H23ClN2S2/c17-13-7-9-15(10-8-13)21-12-11-18-16(20)19-14-5-3-1-2-4-6-14/h7-10,14H,1-6,11-12H2,(H2,18,19,20). The minimum atomic E-state index is 0.566. The highest BCUT2D eigenvalue weighted by atomic mass is 35.5. The lowest BCUT2D eigenvalue weighted by molar-refractivity contribution is 0.529. The number of halogens is 1. The van der Waals surface area contributed by atoms with Crippen LogP contribution < -0.4 is 10.6 Å². The molecule has 2 nitrogen and oxygen atoms in total. The fraction of sp³-hybridized carbons (Fsp3) is 0.562. The van der Waals surface area contributed by atoms with Crippen molar-refractivity contribution in [1.82, 2.24) is 10.6 Å². The van der Waals surface area contributed by atoms with Gasteiger partial charge in [-0.3, -0.25) is 0 Å². The van der Waals surface area contributed by atoms with Crippen LogP contribution in [0.1, 0.15) is 38.5 Å². The quantitative estimate of drug-likeness (QED) is 0.353. The average molecular weight is 343 g/mol. The molecule has 2 rings (SSSR count). The van der Waals surface area contributed by atoms with E-state index in [1.165, 1.54) is 43.4 Å². The van der Waals surface area contributed by atoms with Crippen LogP contribution in [-0.4, -0.2) is 23.5 Å². The highest BCUT2D eigenvalue weighted by molar-refractivity contribution is 7.99. The Labute approximate surface area is 142 Å². The van der Waals surface area contributed by atoms with Crippen LogP contribution in [0, 0.1) is 0 Å². The van der Waals surface area contributed by atoms with E-state index in [-0.39, 0.29) is 0 Å². The third kappa shape index (κ3) is 6.90. The molecule has 1 aliphatic rings. The summed E-state index contributed by atoms with van der Waals surface area (Å²) >= 11 is 13.1. The molecule has 1 saturated carbocycles. The Hall–Kier alpha value is -0.450. The summed E-state index contributed by atoms with van der Waals surface area (Å²) in [7, 11) is 0. The topological polar surface area (TPSA) is 24.1 Å². The number of thioether (sulfide) groups is 1. The van der Waals surface area contributed by atoms with Crippen molar-refractivity contribution in [2.45, 2.75) is 49.5 Å². The predicted octanol–water partition coefficient (Wildman–Crippen LogP) is 4.62. The second-order valence-electron chi connectivity index (χ2n) is 5.39. The van der Waals surface area contributed by atoms with Crippen LogP contribution in [-0.2, 0) is 0 Å². The first-order valence-corrected chi connectivity index (χ1v) is 9.44. The normalized spacial score (nSPS) is 16.2. The summed E-state index contributed by atoms with van der Waals surface area (Å²) in [6.45, 7) is 0.881. The molecule has 0 unspecified atom stereocenters. The molecule has 5 heteroatoms. The molecule has 0 radical (unpaired) electrons. The summed E-state index contributed by atoms with van der Waals surface area (Å²) in [5.74, 6) is 0.994. The van der Waals surface area contributed by atoms with Crippen molar-refractivity contribution in [2.24, 2.45) is 0 Å². The van der Waals surface area contributed by atoms with Gasteiger partial charge in [-0.2, -0.15) is 0 Å². The van der Waals surface area contributed by atoms with Gasteiger partial charge < -0.3 is 10.6 Å². The van der Waals surface area contributed by atoms with E-state index in [1.54, 1.807) is 0 Å². The molecule has 0 aliphatic heterocycles. The molecular formula is C16H23ClN2S2. The molecule has 0 atom stereocenters. The van der Waals surface area contributed by atoms with Crippen molar-refractivity contribution in [1.29, 1.82) is 0 Å². The SMILES string of the molecule is S=C(NCCSc1ccc(Cl)cc1)NC1CCCCCC1. The van der Waals surface area contributed by atoms with Gasteiger partial charge in [-0.15, -0.1) is 11.8 Å². The molecule has 0 heterocycles. The summed E-state index contributed by atoms with van der Waals surface area (Å²) in [5, 5.41) is 8.35. The molecule has 0 amide bonds. The van der Waals surface area contributed by atoms with E-state index in [1.807, 2.05) is 23.9 Å². The van der Waals surface area contributed by atoms with E-state index in [0.29, 0.717) is 6.04 Å². The first-order chi connectivity index (χ1) is 10.2. The van der Waals surface area contributed by atoms with Gasteiger partial charge in [0, 0.05) is 28.3 Å². The van der Waals surface area contributed by atoms with Gasteiger partial charge in [0.2, 0.25) is 0 Å². The zero-order chi connectivity index (χ0) is 14.9. The number of hydrogen-bond donors (Lipinski definition) is 2. The monoisotopic (exact) mass is 342 g/mol. The summed E-state index contributed by atoms with van der Waals surface area (Å²) in [5.41, 5.74) is 0. The molecule has 1 aromatic carbocycles. The fourth-order valence-electron chi connectivity index (χ4n) is 2.52. The smallest absolute Gasteiger partial charge is 0.166 e. The zero-order valence-electron chi connectivity index (χ0n) is 12.2. The number of nitrogens with one attached hydrogen (secondary N) is 2. The van der Waals surface area contributed by atoms with Crippen molar-refractivity contribution in [3.8, 4) is 0 Å². The van der Waals surface area contributed by atoms with Crippen LogP contribution in [0.25, 0.3) is 0 Å². The van der Waals surface area contributed by atoms with Gasteiger partial charge in [-0.1, -0.05) is 37.3 Å². The Morgan fingerprint density at radius 3 is 2.48 bits per heavy atom. The van der Waals surface area contributed by atoms with Gasteiger partial charge in [0.25, 0.3) is 0 Å². The predicted molar refractivity (Wildman–Crippen MR) is 97.4 cm³/mol. The van der Waals surface area contributed by atoms with Crippen molar-refractivity contribution < 1.29 is 0 Å². The maximum Gasteiger partial charge on any atom is 0.166 e. The Morgan fingerprint density at radius 1 is 1.14 bits per heavy atom. The molecule has 0 bridgehead atoms. The second-order valence-corrected chi connectivity index (χ2v) is 7.40. The molecule has 1 aliphatic carbocycles. The van der Waals surface area contributed by atoms with Gasteiger partial charge in [0.05, 0.1) is 0 Å². The Morgan fingerprint density at radius 2 is 1.81 bits per heavy atom. The van der Waals surface area contributed by atoms with Crippen molar-refractivity contribution in [3.63, 3.8) is 0 Å². The number of hydrogen-bond acceptors (Lipinski definition) is 2. The number of thiocarbonyl (C=S) groups is 1. The van der Waals surface area contributed by atoms with Crippen LogP contribution >= 0.6 is 35.6 Å². The minimum absolute atomic E-state index is 0.566. The van der Waals surface area contributed by atoms with Gasteiger partial charge in [0.15, 0.2) is 5.11 Å². The van der Waals surface area contributed by atoms with E-state index >= 15 is 0 Å². The molecular weight excluding hydrogens is 320 g/mol. The first-order valence-electron chi connectivity index (χ1n) is 7.67. The summed E-state index contributed by atoms with van der Waals surface area (Å²) in [4.78, 5) is 1.24. The van der Waals surface area contributed by atoms with E-state index in [0.717, 1.165) is 22.4 Å². The zero-order valence-corrected chi connectivity index (χ0v) is 14.6. The number of rotatable bonds is 5. The highest BCUT2D eigenvalue weighted by Gasteiger charge is 2.12. The molecule has 2 N–H and O–H groups in total. The molecule has 0 aromatic heterocycles. The lowest BCUT2D eigenvalue weighted by Crippen LogP contribution is -2.42. The van der Waals surface area contributed by atoms with E-state index < -0.39 is 0 Å².